The number of aromatic carboxylic acids is 1. The molecule has 21 heavy (non-hydrogen) atoms. The number of aromatic amines is 1. The Labute approximate surface area is 119 Å². The fourth-order valence-electron chi connectivity index (χ4n) is 1.70. The van der Waals surface area contributed by atoms with Gasteiger partial charge in [0.15, 0.2) is 0 Å². The van der Waals surface area contributed by atoms with Crippen LogP contribution in [0.25, 0.3) is 0 Å². The number of hydrogen-bond donors (Lipinski definition) is 4. The second-order valence-corrected chi connectivity index (χ2v) is 4.20. The summed E-state index contributed by atoms with van der Waals surface area (Å²) in [5, 5.41) is 13.8. The molecule has 0 atom stereocenters. The van der Waals surface area contributed by atoms with Gasteiger partial charge in [-0.05, 0) is 18.2 Å². The van der Waals surface area contributed by atoms with Gasteiger partial charge in [-0.25, -0.2) is 19.0 Å². The average molecular weight is 292 g/mol. The van der Waals surface area contributed by atoms with Gasteiger partial charge < -0.3 is 20.7 Å². The second kappa shape index (κ2) is 6.51. The van der Waals surface area contributed by atoms with Crippen LogP contribution in [0.1, 0.15) is 16.1 Å². The van der Waals surface area contributed by atoms with E-state index in [1.165, 1.54) is 6.33 Å². The van der Waals surface area contributed by atoms with Crippen molar-refractivity contribution in [2.45, 2.75) is 6.42 Å². The maximum Gasteiger partial charge on any atom is 0.337 e. The zero-order valence-electron chi connectivity index (χ0n) is 10.9. The molecule has 1 heterocycles. The van der Waals surface area contributed by atoms with E-state index in [1.807, 2.05) is 0 Å². The van der Waals surface area contributed by atoms with Crippen molar-refractivity contribution in [3.05, 3.63) is 47.8 Å². The summed E-state index contributed by atoms with van der Waals surface area (Å²) in [4.78, 5) is 29.4. The predicted molar refractivity (Wildman–Crippen MR) is 72.7 cm³/mol. The second-order valence-electron chi connectivity index (χ2n) is 4.20. The number of rotatable bonds is 5. The summed E-state index contributed by atoms with van der Waals surface area (Å²) in [5.41, 5.74) is 0.578. The van der Waals surface area contributed by atoms with Gasteiger partial charge in [0, 0.05) is 24.9 Å². The molecule has 0 bridgehead atoms. The summed E-state index contributed by atoms with van der Waals surface area (Å²) in [7, 11) is 0. The van der Waals surface area contributed by atoms with E-state index in [0.717, 1.165) is 23.9 Å². The van der Waals surface area contributed by atoms with E-state index >= 15 is 0 Å². The smallest absolute Gasteiger partial charge is 0.337 e. The summed E-state index contributed by atoms with van der Waals surface area (Å²) in [6, 6.07) is 2.46. The zero-order valence-corrected chi connectivity index (χ0v) is 10.9. The van der Waals surface area contributed by atoms with Gasteiger partial charge in [-0.3, -0.25) is 0 Å². The Morgan fingerprint density at radius 1 is 1.38 bits per heavy atom. The highest BCUT2D eigenvalue weighted by Crippen LogP contribution is 2.17. The number of carbonyl (C=O) groups is 2. The molecule has 4 N–H and O–H groups in total. The molecule has 7 nitrogen and oxygen atoms in total. The Kier molecular flexibility index (Phi) is 4.50. The lowest BCUT2D eigenvalue weighted by atomic mass is 10.2. The summed E-state index contributed by atoms with van der Waals surface area (Å²) < 4.78 is 13.1. The van der Waals surface area contributed by atoms with E-state index in [-0.39, 0.29) is 11.3 Å². The fourth-order valence-corrected chi connectivity index (χ4v) is 1.70. The monoisotopic (exact) mass is 292 g/mol. The number of aromatic nitrogens is 2. The zero-order chi connectivity index (χ0) is 15.2. The van der Waals surface area contributed by atoms with Crippen LogP contribution >= 0.6 is 0 Å². The first kappa shape index (κ1) is 14.5. The molecule has 0 radical (unpaired) electrons. The number of halogens is 1. The van der Waals surface area contributed by atoms with Crippen molar-refractivity contribution >= 4 is 17.7 Å². The van der Waals surface area contributed by atoms with Crippen LogP contribution in [0.4, 0.5) is 14.9 Å². The molecule has 2 aromatic rings. The van der Waals surface area contributed by atoms with E-state index in [4.69, 9.17) is 5.11 Å². The molecular weight excluding hydrogens is 279 g/mol. The first-order chi connectivity index (χ1) is 10.1. The van der Waals surface area contributed by atoms with Crippen LogP contribution in [0.5, 0.6) is 0 Å². The van der Waals surface area contributed by atoms with Crippen molar-refractivity contribution in [1.82, 2.24) is 15.3 Å². The quantitative estimate of drug-likeness (QED) is 0.671. The Balaban J connectivity index is 1.93. The number of imidazole rings is 1. The van der Waals surface area contributed by atoms with Crippen LogP contribution in [-0.4, -0.2) is 33.6 Å². The molecule has 1 aromatic carbocycles. The highest BCUT2D eigenvalue weighted by atomic mass is 19.1. The Hall–Kier alpha value is -2.90. The predicted octanol–water partition coefficient (Wildman–Crippen LogP) is 1.61. The number of H-pyrrole nitrogens is 1. The molecule has 0 fully saturated rings. The molecule has 0 aliphatic carbocycles. The van der Waals surface area contributed by atoms with Gasteiger partial charge in [-0.15, -0.1) is 0 Å². The molecule has 1 aromatic heterocycles. The minimum atomic E-state index is -1.25. The standard InChI is InChI=1S/C13H13FN4O3/c14-8-1-2-10(12(19)20)11(5-8)18-13(21)16-4-3-9-6-15-7-17-9/h1-2,5-7H,3-4H2,(H,15,17)(H,19,20)(H2,16,18,21). The topological polar surface area (TPSA) is 107 Å². The Morgan fingerprint density at radius 2 is 2.19 bits per heavy atom. The van der Waals surface area contributed by atoms with Crippen LogP contribution in [-0.2, 0) is 6.42 Å². The minimum absolute atomic E-state index is 0.0958. The average Bonchev–Trinajstić information content (AvgIpc) is 2.91. The number of benzene rings is 1. The van der Waals surface area contributed by atoms with Crippen molar-refractivity contribution in [2.24, 2.45) is 0 Å². The number of carbonyl (C=O) groups excluding carboxylic acids is 1. The van der Waals surface area contributed by atoms with Gasteiger partial charge in [0.1, 0.15) is 5.82 Å². The molecule has 0 spiro atoms. The number of amides is 2. The van der Waals surface area contributed by atoms with Gasteiger partial charge in [0.05, 0.1) is 17.6 Å². The van der Waals surface area contributed by atoms with Crippen molar-refractivity contribution in [1.29, 1.82) is 0 Å². The van der Waals surface area contributed by atoms with Crippen LogP contribution in [0.2, 0.25) is 0 Å². The number of nitrogens with zero attached hydrogens (tertiary/aromatic N) is 1. The Bertz CT molecular complexity index is 643. The summed E-state index contributed by atoms with van der Waals surface area (Å²) in [5.74, 6) is -1.88. The molecular formula is C13H13FN4O3. The van der Waals surface area contributed by atoms with Gasteiger partial charge >= 0.3 is 12.0 Å². The van der Waals surface area contributed by atoms with Gasteiger partial charge in [0.25, 0.3) is 0 Å². The summed E-state index contributed by atoms with van der Waals surface area (Å²) >= 11 is 0. The van der Waals surface area contributed by atoms with E-state index in [1.54, 1.807) is 6.20 Å². The molecule has 110 valence electrons. The van der Waals surface area contributed by atoms with Crippen molar-refractivity contribution in [3.8, 4) is 0 Å². The van der Waals surface area contributed by atoms with Crippen molar-refractivity contribution in [3.63, 3.8) is 0 Å². The first-order valence-corrected chi connectivity index (χ1v) is 6.11. The molecule has 0 saturated heterocycles. The van der Waals surface area contributed by atoms with E-state index in [2.05, 4.69) is 20.6 Å². The van der Waals surface area contributed by atoms with Crippen LogP contribution in [0.15, 0.2) is 30.7 Å². The number of hydrogen-bond acceptors (Lipinski definition) is 3. The van der Waals surface area contributed by atoms with Gasteiger partial charge in [-0.2, -0.15) is 0 Å². The lowest BCUT2D eigenvalue weighted by Crippen LogP contribution is -2.31. The number of carboxylic acid groups (broad SMARTS) is 1. The molecule has 0 saturated carbocycles. The van der Waals surface area contributed by atoms with Crippen LogP contribution < -0.4 is 10.6 Å². The molecule has 0 aliphatic rings. The maximum atomic E-state index is 13.1. The summed E-state index contributed by atoms with van der Waals surface area (Å²) in [6.45, 7) is 0.325. The normalized spacial score (nSPS) is 10.1. The highest BCUT2D eigenvalue weighted by molar-refractivity contribution is 5.99. The SMILES string of the molecule is O=C(NCCc1cnc[nH]1)Nc1cc(F)ccc1C(=O)O. The highest BCUT2D eigenvalue weighted by Gasteiger charge is 2.13. The lowest BCUT2D eigenvalue weighted by molar-refractivity contribution is 0.0698. The third-order valence-corrected chi connectivity index (χ3v) is 2.69. The first-order valence-electron chi connectivity index (χ1n) is 6.11. The number of anilines is 1. The van der Waals surface area contributed by atoms with E-state index in [0.29, 0.717) is 13.0 Å². The molecule has 0 aliphatic heterocycles. The molecule has 2 rings (SSSR count). The van der Waals surface area contributed by atoms with Gasteiger partial charge in [-0.1, -0.05) is 0 Å². The maximum absolute atomic E-state index is 13.1. The molecule has 8 heteroatoms. The van der Waals surface area contributed by atoms with Gasteiger partial charge in [0.2, 0.25) is 0 Å². The molecule has 0 unspecified atom stereocenters. The van der Waals surface area contributed by atoms with E-state index < -0.39 is 17.8 Å². The largest absolute Gasteiger partial charge is 0.478 e. The van der Waals surface area contributed by atoms with Crippen LogP contribution in [0, 0.1) is 5.82 Å². The fraction of sp³-hybridized carbons (Fsp3) is 0.154. The van der Waals surface area contributed by atoms with Crippen molar-refractivity contribution in [2.75, 3.05) is 11.9 Å². The minimum Gasteiger partial charge on any atom is -0.478 e. The van der Waals surface area contributed by atoms with Crippen LogP contribution in [0.3, 0.4) is 0 Å². The van der Waals surface area contributed by atoms with Crippen molar-refractivity contribution < 1.29 is 19.1 Å². The van der Waals surface area contributed by atoms with E-state index in [9.17, 15) is 14.0 Å². The third-order valence-electron chi connectivity index (χ3n) is 2.69. The number of carboxylic acids is 1. The summed E-state index contributed by atoms with van der Waals surface area (Å²) in [6.07, 6.45) is 3.71. The lowest BCUT2D eigenvalue weighted by Gasteiger charge is -2.09. The number of nitrogens with one attached hydrogen (secondary N) is 3. The Morgan fingerprint density at radius 3 is 2.86 bits per heavy atom. The molecule has 2 amide bonds. The number of urea groups is 1. The third kappa shape index (κ3) is 4.03.